The zero-order valence-electron chi connectivity index (χ0n) is 29.4. The highest BCUT2D eigenvalue weighted by molar-refractivity contribution is 6.34. The lowest BCUT2D eigenvalue weighted by atomic mass is 9.90. The molecule has 0 saturated carbocycles. The van der Waals surface area contributed by atoms with Crippen LogP contribution in [0.15, 0.2) is 205 Å². The van der Waals surface area contributed by atoms with E-state index in [0.717, 1.165) is 39.2 Å². The Kier molecular flexibility index (Phi) is 6.90. The lowest BCUT2D eigenvalue weighted by molar-refractivity contribution is 0.669. The lowest BCUT2D eigenvalue weighted by Crippen LogP contribution is -2.11. The van der Waals surface area contributed by atoms with Gasteiger partial charge in [-0.15, -0.1) is 0 Å². The van der Waals surface area contributed by atoms with Crippen molar-refractivity contribution < 1.29 is 4.42 Å². The van der Waals surface area contributed by atoms with E-state index in [4.69, 9.17) is 4.42 Å². The zero-order chi connectivity index (χ0) is 35.6. The van der Waals surface area contributed by atoms with E-state index < -0.39 is 0 Å². The number of benzene rings is 10. The van der Waals surface area contributed by atoms with Crippen molar-refractivity contribution in [3.63, 3.8) is 0 Å². The second-order valence-electron chi connectivity index (χ2n) is 14.1. The van der Waals surface area contributed by atoms with E-state index >= 15 is 0 Å². The molecule has 0 aliphatic rings. The standard InChI is InChI=1S/C52H33NO/c1-2-12-34(13-3-1)36-22-26-39(27-23-36)53(40-28-24-35-14-4-5-15-37(35)32-40)48-20-10-8-16-41(48)38-25-29-43-42-17-6-7-18-44(42)51-45(47(43)33-38)30-31-50-52(51)46-19-9-11-21-49(46)54-50/h1-33H. The average Bonchev–Trinajstić information content (AvgIpc) is 3.63. The summed E-state index contributed by atoms with van der Waals surface area (Å²) < 4.78 is 6.39. The van der Waals surface area contributed by atoms with Gasteiger partial charge in [-0.2, -0.15) is 0 Å². The molecule has 0 radical (unpaired) electrons. The van der Waals surface area contributed by atoms with Crippen molar-refractivity contribution in [2.24, 2.45) is 0 Å². The molecule has 0 spiro atoms. The molecule has 0 amide bonds. The predicted octanol–water partition coefficient (Wildman–Crippen LogP) is 15.0. The summed E-state index contributed by atoms with van der Waals surface area (Å²) in [7, 11) is 0. The summed E-state index contributed by atoms with van der Waals surface area (Å²) in [5.74, 6) is 0. The molecule has 1 heterocycles. The number of para-hydroxylation sites is 2. The molecule has 0 fully saturated rings. The van der Waals surface area contributed by atoms with E-state index in [1.165, 1.54) is 65.2 Å². The number of furan rings is 1. The average molecular weight is 688 g/mol. The Morgan fingerprint density at radius 3 is 1.80 bits per heavy atom. The summed E-state index contributed by atoms with van der Waals surface area (Å²) in [6, 6.07) is 72.3. The molecule has 2 nitrogen and oxygen atoms in total. The molecule has 0 unspecified atom stereocenters. The number of rotatable bonds is 5. The normalized spacial score (nSPS) is 11.7. The van der Waals surface area contributed by atoms with Crippen LogP contribution in [0.1, 0.15) is 0 Å². The van der Waals surface area contributed by atoms with Crippen LogP contribution in [0.4, 0.5) is 17.1 Å². The van der Waals surface area contributed by atoms with Gasteiger partial charge >= 0.3 is 0 Å². The highest BCUT2D eigenvalue weighted by Crippen LogP contribution is 2.46. The van der Waals surface area contributed by atoms with Crippen LogP contribution in [0.3, 0.4) is 0 Å². The maximum absolute atomic E-state index is 6.39. The molecule has 2 heteroatoms. The van der Waals surface area contributed by atoms with Crippen LogP contribution in [0.5, 0.6) is 0 Å². The molecular weight excluding hydrogens is 655 g/mol. The summed E-state index contributed by atoms with van der Waals surface area (Å²) >= 11 is 0. The van der Waals surface area contributed by atoms with Crippen molar-refractivity contribution in [2.45, 2.75) is 0 Å². The van der Waals surface area contributed by atoms with Gasteiger partial charge in [0.05, 0.1) is 5.69 Å². The molecule has 11 aromatic rings. The van der Waals surface area contributed by atoms with Gasteiger partial charge < -0.3 is 9.32 Å². The largest absolute Gasteiger partial charge is 0.456 e. The van der Waals surface area contributed by atoms with Gasteiger partial charge in [-0.1, -0.05) is 146 Å². The van der Waals surface area contributed by atoms with Gasteiger partial charge in [0.2, 0.25) is 0 Å². The van der Waals surface area contributed by atoms with Crippen LogP contribution in [0, 0.1) is 0 Å². The number of hydrogen-bond acceptors (Lipinski definition) is 2. The lowest BCUT2D eigenvalue weighted by Gasteiger charge is -2.28. The number of hydrogen-bond donors (Lipinski definition) is 0. The van der Waals surface area contributed by atoms with Gasteiger partial charge in [-0.05, 0) is 109 Å². The van der Waals surface area contributed by atoms with Gasteiger partial charge in [-0.25, -0.2) is 0 Å². The molecule has 11 rings (SSSR count). The molecule has 1 aromatic heterocycles. The Morgan fingerprint density at radius 2 is 0.926 bits per heavy atom. The van der Waals surface area contributed by atoms with E-state index in [-0.39, 0.29) is 0 Å². The third-order valence-electron chi connectivity index (χ3n) is 11.0. The second kappa shape index (κ2) is 12.2. The summed E-state index contributed by atoms with van der Waals surface area (Å²) in [6.07, 6.45) is 0. The number of anilines is 3. The molecule has 0 aliphatic carbocycles. The van der Waals surface area contributed by atoms with Gasteiger partial charge in [-0.3, -0.25) is 0 Å². The molecule has 0 aliphatic heterocycles. The molecule has 0 saturated heterocycles. The van der Waals surface area contributed by atoms with Gasteiger partial charge in [0, 0.05) is 33.1 Å². The van der Waals surface area contributed by atoms with Crippen molar-refractivity contribution in [3.05, 3.63) is 200 Å². The summed E-state index contributed by atoms with van der Waals surface area (Å²) in [5, 5.41) is 12.2. The van der Waals surface area contributed by atoms with Crippen molar-refractivity contribution >= 4 is 82.1 Å². The third kappa shape index (κ3) is 4.81. The molecular formula is C52H33NO. The fourth-order valence-corrected chi connectivity index (χ4v) is 8.52. The topological polar surface area (TPSA) is 16.4 Å². The minimum atomic E-state index is 0.914. The van der Waals surface area contributed by atoms with E-state index in [1.807, 2.05) is 6.07 Å². The highest BCUT2D eigenvalue weighted by atomic mass is 16.3. The first kappa shape index (κ1) is 30.5. The first-order chi connectivity index (χ1) is 26.8. The third-order valence-corrected chi connectivity index (χ3v) is 11.0. The Labute approximate surface area is 312 Å². The van der Waals surface area contributed by atoms with Gasteiger partial charge in [0.1, 0.15) is 11.2 Å². The van der Waals surface area contributed by atoms with Crippen molar-refractivity contribution in [3.8, 4) is 22.3 Å². The first-order valence-electron chi connectivity index (χ1n) is 18.5. The van der Waals surface area contributed by atoms with Crippen LogP contribution in [-0.2, 0) is 0 Å². The summed E-state index contributed by atoms with van der Waals surface area (Å²) in [6.45, 7) is 0. The number of nitrogens with zero attached hydrogens (tertiary/aromatic N) is 1. The van der Waals surface area contributed by atoms with Crippen LogP contribution in [0.25, 0.3) is 87.3 Å². The van der Waals surface area contributed by atoms with E-state index in [2.05, 4.69) is 199 Å². The Bertz CT molecular complexity index is 3210. The van der Waals surface area contributed by atoms with Crippen LogP contribution >= 0.6 is 0 Å². The zero-order valence-corrected chi connectivity index (χ0v) is 29.4. The first-order valence-corrected chi connectivity index (χ1v) is 18.5. The molecule has 54 heavy (non-hydrogen) atoms. The van der Waals surface area contributed by atoms with Crippen molar-refractivity contribution in [1.29, 1.82) is 0 Å². The van der Waals surface area contributed by atoms with Gasteiger partial charge in [0.25, 0.3) is 0 Å². The van der Waals surface area contributed by atoms with Gasteiger partial charge in [0.15, 0.2) is 0 Å². The SMILES string of the molecule is c1ccc(-c2ccc(N(c3ccc4ccccc4c3)c3ccccc3-c3ccc4c5ccccc5c5c(ccc6oc7ccccc7c65)c4c3)cc2)cc1. The fraction of sp³-hybridized carbons (Fsp3) is 0. The number of fused-ring (bicyclic) bond motifs is 11. The van der Waals surface area contributed by atoms with Crippen LogP contribution in [0.2, 0.25) is 0 Å². The Hall–Kier alpha value is -7.16. The fourth-order valence-electron chi connectivity index (χ4n) is 8.52. The molecule has 0 N–H and O–H groups in total. The second-order valence-corrected chi connectivity index (χ2v) is 14.1. The smallest absolute Gasteiger partial charge is 0.136 e. The summed E-state index contributed by atoms with van der Waals surface area (Å²) in [5.41, 5.74) is 9.89. The molecule has 0 atom stereocenters. The van der Waals surface area contributed by atoms with Crippen LogP contribution in [-0.4, -0.2) is 0 Å². The Balaban J connectivity index is 1.15. The summed E-state index contributed by atoms with van der Waals surface area (Å²) in [4.78, 5) is 2.40. The highest BCUT2D eigenvalue weighted by Gasteiger charge is 2.20. The molecule has 252 valence electrons. The van der Waals surface area contributed by atoms with Crippen LogP contribution < -0.4 is 4.90 Å². The monoisotopic (exact) mass is 687 g/mol. The van der Waals surface area contributed by atoms with E-state index in [9.17, 15) is 0 Å². The predicted molar refractivity (Wildman–Crippen MR) is 229 cm³/mol. The molecule has 0 bridgehead atoms. The van der Waals surface area contributed by atoms with Crippen molar-refractivity contribution in [1.82, 2.24) is 0 Å². The minimum absolute atomic E-state index is 0.914. The van der Waals surface area contributed by atoms with E-state index in [1.54, 1.807) is 0 Å². The maximum atomic E-state index is 6.39. The minimum Gasteiger partial charge on any atom is -0.456 e. The van der Waals surface area contributed by atoms with Crippen molar-refractivity contribution in [2.75, 3.05) is 4.90 Å². The maximum Gasteiger partial charge on any atom is 0.136 e. The molecule has 10 aromatic carbocycles. The Morgan fingerprint density at radius 1 is 0.315 bits per heavy atom. The quantitative estimate of drug-likeness (QED) is 0.168. The van der Waals surface area contributed by atoms with E-state index in [0.29, 0.717) is 0 Å².